The number of hydrogen-bond donors (Lipinski definition) is 1. The van der Waals surface area contributed by atoms with Gasteiger partial charge in [0.25, 0.3) is 0 Å². The third kappa shape index (κ3) is 5.99. The molecule has 1 aromatic heterocycles. The van der Waals surface area contributed by atoms with E-state index in [-0.39, 0.29) is 6.03 Å². The van der Waals surface area contributed by atoms with Crippen LogP contribution < -0.4 is 19.5 Å². The first-order valence-electron chi connectivity index (χ1n) is 11.6. The zero-order valence-electron chi connectivity index (χ0n) is 20.3. The number of benzene rings is 2. The van der Waals surface area contributed by atoms with Crippen LogP contribution in [0.2, 0.25) is 0 Å². The van der Waals surface area contributed by atoms with Crippen molar-refractivity contribution in [2.24, 2.45) is 0 Å². The molecule has 3 aromatic rings. The van der Waals surface area contributed by atoms with Crippen LogP contribution in [0, 0.1) is 0 Å². The van der Waals surface area contributed by atoms with E-state index in [0.717, 1.165) is 35.9 Å². The predicted octanol–water partition coefficient (Wildman–Crippen LogP) is 2.11. The van der Waals surface area contributed by atoms with Crippen LogP contribution in [-0.4, -0.2) is 83.0 Å². The summed E-state index contributed by atoms with van der Waals surface area (Å²) in [5, 5.41) is 15.2. The molecule has 1 fully saturated rings. The first-order chi connectivity index (χ1) is 17.1. The van der Waals surface area contributed by atoms with Crippen molar-refractivity contribution in [3.05, 3.63) is 53.9 Å². The minimum absolute atomic E-state index is 0.0846. The molecule has 0 atom stereocenters. The van der Waals surface area contributed by atoms with Crippen molar-refractivity contribution in [3.8, 4) is 22.9 Å². The summed E-state index contributed by atoms with van der Waals surface area (Å²) in [4.78, 5) is 16.8. The van der Waals surface area contributed by atoms with Crippen molar-refractivity contribution in [2.75, 3.05) is 47.0 Å². The minimum atomic E-state index is -0.0846. The number of rotatable bonds is 9. The molecule has 0 bridgehead atoms. The third-order valence-corrected chi connectivity index (χ3v) is 5.84. The average Bonchev–Trinajstić information content (AvgIpc) is 3.36. The van der Waals surface area contributed by atoms with Crippen LogP contribution in [0.3, 0.4) is 0 Å². The number of nitrogens with zero attached hydrogens (tertiary/aromatic N) is 6. The maximum Gasteiger partial charge on any atom is 0.317 e. The zero-order valence-corrected chi connectivity index (χ0v) is 20.3. The molecule has 2 aromatic carbocycles. The minimum Gasteiger partial charge on any atom is -0.494 e. The molecule has 2 amide bonds. The van der Waals surface area contributed by atoms with E-state index in [1.54, 1.807) is 18.9 Å². The molecule has 1 N–H and O–H groups in total. The number of hydrogen-bond acceptors (Lipinski definition) is 8. The van der Waals surface area contributed by atoms with Crippen molar-refractivity contribution < 1.29 is 19.0 Å². The lowest BCUT2D eigenvalue weighted by Gasteiger charge is -2.34. The summed E-state index contributed by atoms with van der Waals surface area (Å²) in [6, 6.07) is 13.2. The van der Waals surface area contributed by atoms with Gasteiger partial charge in [-0.05, 0) is 59.3 Å². The van der Waals surface area contributed by atoms with Crippen LogP contribution in [0.25, 0.3) is 5.69 Å². The Morgan fingerprint density at radius 2 is 1.74 bits per heavy atom. The molecule has 0 saturated carbocycles. The molecule has 0 unspecified atom stereocenters. The molecule has 0 aliphatic carbocycles. The fourth-order valence-corrected chi connectivity index (χ4v) is 3.94. The number of tetrazole rings is 1. The molecular weight excluding hydrogens is 450 g/mol. The maximum absolute atomic E-state index is 12.7. The van der Waals surface area contributed by atoms with Gasteiger partial charge in [0.15, 0.2) is 17.3 Å². The summed E-state index contributed by atoms with van der Waals surface area (Å²) in [5.41, 5.74) is 1.82. The molecule has 1 aliphatic rings. The van der Waals surface area contributed by atoms with E-state index in [1.165, 1.54) is 0 Å². The molecule has 11 nitrogen and oxygen atoms in total. The van der Waals surface area contributed by atoms with Crippen molar-refractivity contribution in [1.29, 1.82) is 0 Å². The second-order valence-corrected chi connectivity index (χ2v) is 8.05. The number of piperazine rings is 1. The lowest BCUT2D eigenvalue weighted by Crippen LogP contribution is -2.51. The molecule has 0 spiro atoms. The summed E-state index contributed by atoms with van der Waals surface area (Å²) in [7, 11) is 3.19. The van der Waals surface area contributed by atoms with Gasteiger partial charge < -0.3 is 24.4 Å². The van der Waals surface area contributed by atoms with Gasteiger partial charge in [-0.15, -0.1) is 5.10 Å². The summed E-state index contributed by atoms with van der Waals surface area (Å²) >= 11 is 0. The summed E-state index contributed by atoms with van der Waals surface area (Å²) < 4.78 is 17.8. The SMILES string of the molecule is CCOc1ccc(-n2nnnc2CN2CCN(C(=O)NCc3ccc(OC)c(OC)c3)CC2)cc1. The topological polar surface area (TPSA) is 107 Å². The highest BCUT2D eigenvalue weighted by molar-refractivity contribution is 5.74. The highest BCUT2D eigenvalue weighted by Gasteiger charge is 2.23. The second-order valence-electron chi connectivity index (χ2n) is 8.05. The van der Waals surface area contributed by atoms with Gasteiger partial charge in [0.2, 0.25) is 0 Å². The Morgan fingerprint density at radius 3 is 2.43 bits per heavy atom. The zero-order chi connectivity index (χ0) is 24.6. The average molecular weight is 482 g/mol. The predicted molar refractivity (Wildman–Crippen MR) is 129 cm³/mol. The van der Waals surface area contributed by atoms with E-state index >= 15 is 0 Å². The number of aromatic nitrogens is 4. The van der Waals surface area contributed by atoms with Crippen LogP contribution in [0.1, 0.15) is 18.3 Å². The molecule has 186 valence electrons. The Morgan fingerprint density at radius 1 is 1.00 bits per heavy atom. The Kier molecular flexibility index (Phi) is 7.99. The van der Waals surface area contributed by atoms with Gasteiger partial charge in [0, 0.05) is 32.7 Å². The molecule has 0 radical (unpaired) electrons. The van der Waals surface area contributed by atoms with E-state index in [9.17, 15) is 4.79 Å². The summed E-state index contributed by atoms with van der Waals surface area (Å²) in [6.45, 7) is 6.31. The Labute approximate surface area is 204 Å². The highest BCUT2D eigenvalue weighted by atomic mass is 16.5. The van der Waals surface area contributed by atoms with Gasteiger partial charge in [0.1, 0.15) is 5.75 Å². The van der Waals surface area contributed by atoms with Crippen LogP contribution in [-0.2, 0) is 13.1 Å². The first kappa shape index (κ1) is 24.3. The van der Waals surface area contributed by atoms with Crippen LogP contribution in [0.5, 0.6) is 17.2 Å². The van der Waals surface area contributed by atoms with E-state index < -0.39 is 0 Å². The number of urea groups is 1. The standard InChI is InChI=1S/C24H31N7O4/c1-4-35-20-8-6-19(7-9-20)31-23(26-27-28-31)17-29-11-13-30(14-12-29)24(32)25-16-18-5-10-21(33-2)22(15-18)34-3/h5-10,15H,4,11-14,16-17H2,1-3H3,(H,25,32). The number of methoxy groups -OCH3 is 2. The fraction of sp³-hybridized carbons (Fsp3) is 0.417. The highest BCUT2D eigenvalue weighted by Crippen LogP contribution is 2.27. The Bertz CT molecular complexity index is 1110. The molecule has 11 heteroatoms. The fourth-order valence-electron chi connectivity index (χ4n) is 3.94. The van der Waals surface area contributed by atoms with Gasteiger partial charge in [-0.2, -0.15) is 4.68 Å². The number of nitrogens with one attached hydrogen (secondary N) is 1. The molecule has 2 heterocycles. The molecule has 1 saturated heterocycles. The van der Waals surface area contributed by atoms with E-state index in [4.69, 9.17) is 14.2 Å². The molecule has 1 aliphatic heterocycles. The van der Waals surface area contributed by atoms with Gasteiger partial charge >= 0.3 is 6.03 Å². The smallest absolute Gasteiger partial charge is 0.317 e. The molecule has 4 rings (SSSR count). The van der Waals surface area contributed by atoms with E-state index in [0.29, 0.717) is 44.3 Å². The summed E-state index contributed by atoms with van der Waals surface area (Å²) in [6.07, 6.45) is 0. The summed E-state index contributed by atoms with van der Waals surface area (Å²) in [5.74, 6) is 2.86. The normalized spacial score (nSPS) is 14.0. The lowest BCUT2D eigenvalue weighted by molar-refractivity contribution is 0.132. The van der Waals surface area contributed by atoms with Crippen molar-refractivity contribution in [3.63, 3.8) is 0 Å². The number of carbonyl (C=O) groups excluding carboxylic acids is 1. The molecule has 35 heavy (non-hydrogen) atoms. The monoisotopic (exact) mass is 481 g/mol. The van der Waals surface area contributed by atoms with Gasteiger partial charge in [-0.1, -0.05) is 6.07 Å². The first-order valence-corrected chi connectivity index (χ1v) is 11.6. The number of amides is 2. The lowest BCUT2D eigenvalue weighted by atomic mass is 10.2. The Hall–Kier alpha value is -3.86. The van der Waals surface area contributed by atoms with Crippen LogP contribution in [0.4, 0.5) is 4.79 Å². The number of ether oxygens (including phenoxy) is 3. The van der Waals surface area contributed by atoms with Crippen molar-refractivity contribution >= 4 is 6.03 Å². The van der Waals surface area contributed by atoms with E-state index in [1.807, 2.05) is 54.3 Å². The van der Waals surface area contributed by atoms with Gasteiger partial charge in [-0.25, -0.2) is 4.79 Å². The van der Waals surface area contributed by atoms with Crippen molar-refractivity contribution in [1.82, 2.24) is 35.3 Å². The molecular formula is C24H31N7O4. The van der Waals surface area contributed by atoms with Gasteiger partial charge in [-0.3, -0.25) is 4.90 Å². The third-order valence-electron chi connectivity index (χ3n) is 5.84. The quantitative estimate of drug-likeness (QED) is 0.495. The van der Waals surface area contributed by atoms with Gasteiger partial charge in [0.05, 0.1) is 33.1 Å². The largest absolute Gasteiger partial charge is 0.494 e. The van der Waals surface area contributed by atoms with Crippen LogP contribution in [0.15, 0.2) is 42.5 Å². The van der Waals surface area contributed by atoms with Crippen LogP contribution >= 0.6 is 0 Å². The van der Waals surface area contributed by atoms with E-state index in [2.05, 4.69) is 25.7 Å². The Balaban J connectivity index is 1.27. The second kappa shape index (κ2) is 11.5. The number of carbonyl (C=O) groups is 1. The van der Waals surface area contributed by atoms with Crippen molar-refractivity contribution in [2.45, 2.75) is 20.0 Å². The maximum atomic E-state index is 12.7.